The minimum atomic E-state index is -1.00. The number of hydrogen-bond donors (Lipinski definition) is 2. The van der Waals surface area contributed by atoms with E-state index >= 15 is 0 Å². The number of aromatic nitrogens is 1. The predicted molar refractivity (Wildman–Crippen MR) is 82.5 cm³/mol. The number of carboxylic acids is 1. The minimum absolute atomic E-state index is 0.162. The van der Waals surface area contributed by atoms with Gasteiger partial charge in [0.05, 0.1) is 17.2 Å². The number of nitrogens with one attached hydrogen (secondary N) is 1. The first-order chi connectivity index (χ1) is 9.73. The molecule has 0 radical (unpaired) electrons. The molecule has 6 nitrogen and oxygen atoms in total. The van der Waals surface area contributed by atoms with Crippen LogP contribution in [-0.4, -0.2) is 40.1 Å². The van der Waals surface area contributed by atoms with Crippen LogP contribution in [0.25, 0.3) is 0 Å². The molecule has 0 aliphatic carbocycles. The number of nitrogens with zero attached hydrogens (tertiary/aromatic N) is 2. The number of carboxylic acid groups (broad SMARTS) is 1. The van der Waals surface area contributed by atoms with Crippen molar-refractivity contribution in [2.24, 2.45) is 5.92 Å². The molecule has 1 aromatic heterocycles. The molecule has 21 heavy (non-hydrogen) atoms. The summed E-state index contributed by atoms with van der Waals surface area (Å²) in [6, 6.07) is -1.25. The summed E-state index contributed by atoms with van der Waals surface area (Å²) in [5, 5.41) is 14.8. The van der Waals surface area contributed by atoms with E-state index in [0.29, 0.717) is 12.5 Å². The average Bonchev–Trinajstić information content (AvgIpc) is 2.83. The lowest BCUT2D eigenvalue weighted by Crippen LogP contribution is -2.49. The third kappa shape index (κ3) is 4.70. The number of hydrogen-bond acceptors (Lipinski definition) is 4. The first-order valence-corrected chi connectivity index (χ1v) is 7.79. The van der Waals surface area contributed by atoms with E-state index in [-0.39, 0.29) is 5.92 Å². The molecule has 0 saturated carbocycles. The SMILES string of the molecule is CC(C)c1nc(CNC(=O)N(C)C(C(=O)O)C(C)C)cs1. The Morgan fingerprint density at radius 1 is 1.38 bits per heavy atom. The molecule has 0 bridgehead atoms. The van der Waals surface area contributed by atoms with Gasteiger partial charge in [0, 0.05) is 18.3 Å². The number of aliphatic carboxylic acids is 1. The number of rotatable bonds is 6. The summed E-state index contributed by atoms with van der Waals surface area (Å²) >= 11 is 1.56. The lowest BCUT2D eigenvalue weighted by molar-refractivity contribution is -0.143. The summed E-state index contributed by atoms with van der Waals surface area (Å²) in [6.07, 6.45) is 0. The molecule has 1 atom stereocenters. The van der Waals surface area contributed by atoms with Gasteiger partial charge >= 0.3 is 12.0 Å². The largest absolute Gasteiger partial charge is 0.480 e. The van der Waals surface area contributed by atoms with Gasteiger partial charge in [-0.2, -0.15) is 0 Å². The van der Waals surface area contributed by atoms with Crippen LogP contribution < -0.4 is 5.32 Å². The molecule has 118 valence electrons. The average molecular weight is 313 g/mol. The molecule has 1 rings (SSSR count). The highest BCUT2D eigenvalue weighted by atomic mass is 32.1. The molecule has 7 heteroatoms. The van der Waals surface area contributed by atoms with Crippen molar-refractivity contribution in [3.05, 3.63) is 16.1 Å². The molecular formula is C14H23N3O3S. The van der Waals surface area contributed by atoms with E-state index in [1.807, 2.05) is 5.38 Å². The Hall–Kier alpha value is -1.63. The van der Waals surface area contributed by atoms with Crippen LogP contribution in [0, 0.1) is 5.92 Å². The zero-order valence-corrected chi connectivity index (χ0v) is 13.9. The van der Waals surface area contributed by atoms with Crippen molar-refractivity contribution in [2.45, 2.75) is 46.2 Å². The molecular weight excluding hydrogens is 290 g/mol. The molecule has 0 spiro atoms. The highest BCUT2D eigenvalue weighted by Gasteiger charge is 2.29. The lowest BCUT2D eigenvalue weighted by Gasteiger charge is -2.27. The number of thiazole rings is 1. The van der Waals surface area contributed by atoms with E-state index in [1.54, 1.807) is 25.2 Å². The molecule has 1 heterocycles. The second-order valence-corrected chi connectivity index (χ2v) is 6.52. The van der Waals surface area contributed by atoms with Crippen molar-refractivity contribution in [3.63, 3.8) is 0 Å². The first kappa shape index (κ1) is 17.4. The van der Waals surface area contributed by atoms with E-state index in [9.17, 15) is 14.7 Å². The monoisotopic (exact) mass is 313 g/mol. The zero-order valence-electron chi connectivity index (χ0n) is 13.1. The van der Waals surface area contributed by atoms with Gasteiger partial charge in [-0.3, -0.25) is 0 Å². The number of urea groups is 1. The Kier molecular flexibility index (Phi) is 6.14. The third-order valence-electron chi connectivity index (χ3n) is 3.11. The number of carbonyl (C=O) groups excluding carboxylic acids is 1. The molecule has 0 aliphatic rings. The fourth-order valence-corrected chi connectivity index (χ4v) is 2.82. The Bertz CT molecular complexity index is 499. The fourth-order valence-electron chi connectivity index (χ4n) is 1.98. The van der Waals surface area contributed by atoms with Crippen LogP contribution >= 0.6 is 11.3 Å². The van der Waals surface area contributed by atoms with Gasteiger partial charge in [-0.25, -0.2) is 14.6 Å². The van der Waals surface area contributed by atoms with E-state index in [1.165, 1.54) is 11.9 Å². The highest BCUT2D eigenvalue weighted by Crippen LogP contribution is 2.19. The number of amides is 2. The van der Waals surface area contributed by atoms with E-state index in [2.05, 4.69) is 24.1 Å². The quantitative estimate of drug-likeness (QED) is 0.845. The molecule has 0 aromatic carbocycles. The lowest BCUT2D eigenvalue weighted by atomic mass is 10.0. The maximum absolute atomic E-state index is 12.0. The smallest absolute Gasteiger partial charge is 0.326 e. The van der Waals surface area contributed by atoms with E-state index < -0.39 is 18.0 Å². The van der Waals surface area contributed by atoms with Gasteiger partial charge in [0.2, 0.25) is 0 Å². The second-order valence-electron chi connectivity index (χ2n) is 5.63. The molecule has 1 unspecified atom stereocenters. The van der Waals surface area contributed by atoms with Crippen LogP contribution in [0.2, 0.25) is 0 Å². The highest BCUT2D eigenvalue weighted by molar-refractivity contribution is 7.09. The second kappa shape index (κ2) is 7.40. The van der Waals surface area contributed by atoms with Gasteiger partial charge < -0.3 is 15.3 Å². The maximum Gasteiger partial charge on any atom is 0.326 e. The van der Waals surface area contributed by atoms with Gasteiger partial charge in [0.15, 0.2) is 0 Å². The molecule has 2 amide bonds. The van der Waals surface area contributed by atoms with Gasteiger partial charge in [-0.05, 0) is 5.92 Å². The van der Waals surface area contributed by atoms with Crippen LogP contribution in [0.3, 0.4) is 0 Å². The predicted octanol–water partition coefficient (Wildman–Crippen LogP) is 2.52. The molecule has 0 aliphatic heterocycles. The van der Waals surface area contributed by atoms with Crippen molar-refractivity contribution in [1.29, 1.82) is 0 Å². The van der Waals surface area contributed by atoms with Crippen molar-refractivity contribution >= 4 is 23.3 Å². The Morgan fingerprint density at radius 2 is 2.00 bits per heavy atom. The van der Waals surface area contributed by atoms with Crippen LogP contribution in [0.4, 0.5) is 4.79 Å². The third-order valence-corrected chi connectivity index (χ3v) is 4.30. The standard InChI is InChI=1S/C14H23N3O3S/c1-8(2)11(13(18)19)17(5)14(20)15-6-10-7-21-12(16-10)9(3)4/h7-9,11H,6H2,1-5H3,(H,15,20)(H,18,19). The minimum Gasteiger partial charge on any atom is -0.480 e. The van der Waals surface area contributed by atoms with Gasteiger partial charge in [0.1, 0.15) is 6.04 Å². The number of likely N-dealkylation sites (N-methyl/N-ethyl adjacent to an activating group) is 1. The van der Waals surface area contributed by atoms with Crippen molar-refractivity contribution in [3.8, 4) is 0 Å². The Balaban J connectivity index is 2.61. The summed E-state index contributed by atoms with van der Waals surface area (Å²) in [6.45, 7) is 7.98. The Morgan fingerprint density at radius 3 is 2.43 bits per heavy atom. The van der Waals surface area contributed by atoms with Crippen LogP contribution in [0.5, 0.6) is 0 Å². The zero-order chi connectivity index (χ0) is 16.2. The van der Waals surface area contributed by atoms with E-state index in [4.69, 9.17) is 0 Å². The van der Waals surface area contributed by atoms with Crippen molar-refractivity contribution in [1.82, 2.24) is 15.2 Å². The summed E-state index contributed by atoms with van der Waals surface area (Å²) in [5.41, 5.74) is 0.793. The summed E-state index contributed by atoms with van der Waals surface area (Å²) in [7, 11) is 1.49. The first-order valence-electron chi connectivity index (χ1n) is 6.91. The normalized spacial score (nSPS) is 12.5. The summed E-state index contributed by atoms with van der Waals surface area (Å²) < 4.78 is 0. The van der Waals surface area contributed by atoms with Crippen molar-refractivity contribution in [2.75, 3.05) is 7.05 Å². The maximum atomic E-state index is 12.0. The van der Waals surface area contributed by atoms with Gasteiger partial charge in [0.25, 0.3) is 0 Å². The molecule has 2 N–H and O–H groups in total. The van der Waals surface area contributed by atoms with Crippen LogP contribution in [0.15, 0.2) is 5.38 Å². The summed E-state index contributed by atoms with van der Waals surface area (Å²) in [4.78, 5) is 28.9. The fraction of sp³-hybridized carbons (Fsp3) is 0.643. The van der Waals surface area contributed by atoms with Crippen LogP contribution in [-0.2, 0) is 11.3 Å². The van der Waals surface area contributed by atoms with Crippen LogP contribution in [0.1, 0.15) is 44.3 Å². The molecule has 1 aromatic rings. The van der Waals surface area contributed by atoms with Gasteiger partial charge in [-0.15, -0.1) is 11.3 Å². The van der Waals surface area contributed by atoms with Gasteiger partial charge in [-0.1, -0.05) is 27.7 Å². The molecule has 0 saturated heterocycles. The van der Waals surface area contributed by atoms with Crippen molar-refractivity contribution < 1.29 is 14.7 Å². The summed E-state index contributed by atoms with van der Waals surface area (Å²) in [5.74, 6) is -0.803. The number of carbonyl (C=O) groups is 2. The van der Waals surface area contributed by atoms with E-state index in [0.717, 1.165) is 10.7 Å². The topological polar surface area (TPSA) is 82.5 Å². The molecule has 0 fully saturated rings. The Labute approximate surface area is 129 Å².